The molecule has 5 fully saturated rings. The molecule has 0 radical (unpaired) electrons. The number of aromatic nitrogens is 1. The second-order valence-electron chi connectivity index (χ2n) is 13.6. The molecule has 1 saturated heterocycles. The summed E-state index contributed by atoms with van der Waals surface area (Å²) < 4.78 is 5.72. The number of pyridine rings is 1. The van der Waals surface area contributed by atoms with Gasteiger partial charge in [0.2, 0.25) is 0 Å². The second kappa shape index (κ2) is 10.1. The van der Waals surface area contributed by atoms with Crippen LogP contribution in [0.1, 0.15) is 82.5 Å². The van der Waals surface area contributed by atoms with Gasteiger partial charge in [-0.2, -0.15) is 0 Å². The predicted octanol–water partition coefficient (Wildman–Crippen LogP) is 6.66. The van der Waals surface area contributed by atoms with Crippen molar-refractivity contribution in [1.82, 2.24) is 10.3 Å². The predicted molar refractivity (Wildman–Crippen MR) is 154 cm³/mol. The summed E-state index contributed by atoms with van der Waals surface area (Å²) in [4.78, 5) is 33.2. The highest BCUT2D eigenvalue weighted by atomic mass is 35.5. The average Bonchev–Trinajstić information content (AvgIpc) is 3.36. The molecule has 7 heteroatoms. The zero-order valence-electron chi connectivity index (χ0n) is 23.3. The van der Waals surface area contributed by atoms with Gasteiger partial charge in [-0.05, 0) is 125 Å². The Labute approximate surface area is 236 Å². The van der Waals surface area contributed by atoms with Crippen LogP contribution in [-0.4, -0.2) is 41.6 Å². The van der Waals surface area contributed by atoms with Gasteiger partial charge in [-0.15, -0.1) is 0 Å². The Morgan fingerprint density at radius 3 is 2.46 bits per heavy atom. The molecule has 0 spiro atoms. The molecule has 2 aromatic rings. The molecule has 1 N–H and O–H groups in total. The van der Waals surface area contributed by atoms with Crippen LogP contribution in [-0.2, 0) is 9.53 Å². The Bertz CT molecular complexity index is 1230. The maximum absolute atomic E-state index is 13.5. The number of hydrogen-bond acceptors (Lipinski definition) is 5. The van der Waals surface area contributed by atoms with E-state index in [4.69, 9.17) is 21.3 Å². The van der Waals surface area contributed by atoms with Crippen molar-refractivity contribution in [3.63, 3.8) is 0 Å². The lowest BCUT2D eigenvalue weighted by molar-refractivity contribution is -0.156. The number of esters is 1. The lowest BCUT2D eigenvalue weighted by Gasteiger charge is -2.56. The first-order valence-electron chi connectivity index (χ1n) is 14.6. The fraction of sp³-hybridized carbons (Fsp3) is 0.594. The van der Waals surface area contributed by atoms with Gasteiger partial charge in [0.25, 0.3) is 5.91 Å². The van der Waals surface area contributed by atoms with E-state index in [1.807, 2.05) is 49.9 Å². The number of halogens is 1. The van der Waals surface area contributed by atoms with Crippen LogP contribution >= 0.6 is 11.6 Å². The molecule has 208 valence electrons. The summed E-state index contributed by atoms with van der Waals surface area (Å²) in [5.41, 5.74) is 1.93. The SMILES string of the molecule is CC(C)(C)OC(=O)[C@@H]1CCCN1c1ncccc1-c1ccc(Cl)c(C(=O)NCC23CC4CC(CC(C4)C2)C3)c1. The molecule has 6 nitrogen and oxygen atoms in total. The number of ether oxygens (including phenoxy) is 1. The summed E-state index contributed by atoms with van der Waals surface area (Å²) in [6, 6.07) is 9.09. The van der Waals surface area contributed by atoms with Crippen LogP contribution in [0, 0.1) is 23.2 Å². The normalized spacial score (nSPS) is 29.5. The monoisotopic (exact) mass is 549 g/mol. The Kier molecular flexibility index (Phi) is 6.89. The topological polar surface area (TPSA) is 71.5 Å². The third-order valence-corrected chi connectivity index (χ3v) is 9.63. The van der Waals surface area contributed by atoms with E-state index >= 15 is 0 Å². The van der Waals surface area contributed by atoms with Crippen LogP contribution in [0.5, 0.6) is 0 Å². The summed E-state index contributed by atoms with van der Waals surface area (Å²) in [6.07, 6.45) is 11.3. The van der Waals surface area contributed by atoms with E-state index in [0.717, 1.165) is 60.6 Å². The third kappa shape index (κ3) is 5.41. The molecule has 1 aromatic heterocycles. The van der Waals surface area contributed by atoms with Gasteiger partial charge >= 0.3 is 5.97 Å². The van der Waals surface area contributed by atoms with Crippen LogP contribution in [0.2, 0.25) is 5.02 Å². The molecular weight excluding hydrogens is 510 g/mol. The van der Waals surface area contributed by atoms with Gasteiger partial charge < -0.3 is 15.0 Å². The number of hydrogen-bond donors (Lipinski definition) is 1. The van der Waals surface area contributed by atoms with Crippen molar-refractivity contribution >= 4 is 29.3 Å². The van der Waals surface area contributed by atoms with Crippen molar-refractivity contribution in [3.8, 4) is 11.1 Å². The minimum Gasteiger partial charge on any atom is -0.458 e. The van der Waals surface area contributed by atoms with Crippen molar-refractivity contribution in [1.29, 1.82) is 0 Å². The molecule has 1 amide bonds. The molecule has 4 aliphatic carbocycles. The van der Waals surface area contributed by atoms with E-state index in [9.17, 15) is 9.59 Å². The minimum absolute atomic E-state index is 0.115. The van der Waals surface area contributed by atoms with Gasteiger partial charge in [0.05, 0.1) is 10.6 Å². The van der Waals surface area contributed by atoms with Crippen LogP contribution in [0.3, 0.4) is 0 Å². The highest BCUT2D eigenvalue weighted by Gasteiger charge is 2.50. The smallest absolute Gasteiger partial charge is 0.329 e. The number of nitrogens with zero attached hydrogens (tertiary/aromatic N) is 2. The number of rotatable bonds is 6. The van der Waals surface area contributed by atoms with Crippen LogP contribution < -0.4 is 10.2 Å². The van der Waals surface area contributed by atoms with E-state index < -0.39 is 5.60 Å². The minimum atomic E-state index is -0.549. The average molecular weight is 550 g/mol. The van der Waals surface area contributed by atoms with Crippen molar-refractivity contribution in [2.24, 2.45) is 23.2 Å². The quantitative estimate of drug-likeness (QED) is 0.408. The molecule has 1 aliphatic heterocycles. The van der Waals surface area contributed by atoms with E-state index in [-0.39, 0.29) is 23.3 Å². The zero-order valence-corrected chi connectivity index (χ0v) is 24.1. The number of anilines is 1. The summed E-state index contributed by atoms with van der Waals surface area (Å²) in [5.74, 6) is 2.93. The maximum Gasteiger partial charge on any atom is 0.329 e. The van der Waals surface area contributed by atoms with Crippen molar-refractivity contribution in [2.75, 3.05) is 18.0 Å². The first-order chi connectivity index (χ1) is 18.6. The van der Waals surface area contributed by atoms with Gasteiger partial charge in [-0.25, -0.2) is 9.78 Å². The number of carbonyl (C=O) groups excluding carboxylic acids is 2. The van der Waals surface area contributed by atoms with Gasteiger partial charge in [0.15, 0.2) is 0 Å². The lowest BCUT2D eigenvalue weighted by Crippen LogP contribution is -2.51. The Balaban J connectivity index is 1.22. The van der Waals surface area contributed by atoms with Crippen LogP contribution in [0.4, 0.5) is 5.82 Å². The summed E-state index contributed by atoms with van der Waals surface area (Å²) in [5, 5.41) is 3.72. The number of nitrogens with one attached hydrogen (secondary N) is 1. The highest BCUT2D eigenvalue weighted by molar-refractivity contribution is 6.34. The number of amides is 1. The van der Waals surface area contributed by atoms with Gasteiger partial charge in [-0.3, -0.25) is 4.79 Å². The van der Waals surface area contributed by atoms with E-state index in [2.05, 4.69) is 5.32 Å². The van der Waals surface area contributed by atoms with Crippen LogP contribution in [0.25, 0.3) is 11.1 Å². The maximum atomic E-state index is 13.5. The highest BCUT2D eigenvalue weighted by Crippen LogP contribution is 2.59. The van der Waals surface area contributed by atoms with E-state index in [0.29, 0.717) is 10.6 Å². The fourth-order valence-corrected chi connectivity index (χ4v) is 8.43. The molecule has 4 saturated carbocycles. The van der Waals surface area contributed by atoms with Crippen molar-refractivity contribution < 1.29 is 14.3 Å². The van der Waals surface area contributed by atoms with Crippen molar-refractivity contribution in [2.45, 2.75) is 83.8 Å². The first kappa shape index (κ1) is 26.6. The van der Waals surface area contributed by atoms with Gasteiger partial charge in [0.1, 0.15) is 17.5 Å². The molecule has 7 rings (SSSR count). The van der Waals surface area contributed by atoms with Gasteiger partial charge in [0, 0.05) is 24.8 Å². The molecule has 1 aromatic carbocycles. The number of benzene rings is 1. The Morgan fingerprint density at radius 1 is 1.10 bits per heavy atom. The number of carbonyl (C=O) groups is 2. The molecule has 4 bridgehead atoms. The third-order valence-electron chi connectivity index (χ3n) is 9.30. The standard InChI is InChI=1S/C32H40ClN3O3/c1-31(2,3)39-30(38)27-7-5-11-36(27)28-24(6-4-10-34-28)23-8-9-26(33)25(15-23)29(37)35-19-32-16-20-12-21(17-32)14-22(13-20)18-32/h4,6,8-10,15,20-22,27H,5,7,11-14,16-19H2,1-3H3,(H,35,37)/t20?,21?,22?,27-,32?/m0/s1. The van der Waals surface area contributed by atoms with Crippen LogP contribution in [0.15, 0.2) is 36.5 Å². The van der Waals surface area contributed by atoms with E-state index in [1.54, 1.807) is 12.3 Å². The lowest BCUT2D eigenvalue weighted by atomic mass is 9.49. The zero-order chi connectivity index (χ0) is 27.4. The van der Waals surface area contributed by atoms with Gasteiger partial charge in [-0.1, -0.05) is 17.7 Å². The summed E-state index contributed by atoms with van der Waals surface area (Å²) >= 11 is 6.58. The Hall–Kier alpha value is -2.60. The molecule has 5 aliphatic rings. The second-order valence-corrected chi connectivity index (χ2v) is 14.0. The summed E-state index contributed by atoms with van der Waals surface area (Å²) in [7, 11) is 0. The Morgan fingerprint density at radius 2 is 1.79 bits per heavy atom. The summed E-state index contributed by atoms with van der Waals surface area (Å²) in [6.45, 7) is 7.12. The van der Waals surface area contributed by atoms with Crippen molar-refractivity contribution in [3.05, 3.63) is 47.1 Å². The molecule has 0 unspecified atom stereocenters. The first-order valence-corrected chi connectivity index (χ1v) is 15.0. The fourth-order valence-electron chi connectivity index (χ4n) is 8.22. The molecule has 39 heavy (non-hydrogen) atoms. The largest absolute Gasteiger partial charge is 0.458 e. The molecule has 2 heterocycles. The van der Waals surface area contributed by atoms with E-state index in [1.165, 1.54) is 38.5 Å². The molecule has 1 atom stereocenters. The molecular formula is C32H40ClN3O3.